The number of rotatable bonds is 4. The zero-order valence-corrected chi connectivity index (χ0v) is 12.0. The van der Waals surface area contributed by atoms with Gasteiger partial charge in [-0.25, -0.2) is 9.97 Å². The van der Waals surface area contributed by atoms with Gasteiger partial charge in [-0.1, -0.05) is 30.1 Å². The van der Waals surface area contributed by atoms with E-state index in [2.05, 4.69) is 22.2 Å². The van der Waals surface area contributed by atoms with Crippen molar-refractivity contribution < 1.29 is 0 Å². The smallest absolute Gasteiger partial charge is 0.147 e. The Morgan fingerprint density at radius 3 is 2.89 bits per heavy atom. The highest BCUT2D eigenvalue weighted by molar-refractivity contribution is 7.09. The second kappa shape index (κ2) is 5.73. The molecule has 7 heteroatoms. The van der Waals surface area contributed by atoms with Crippen LogP contribution in [0.4, 0.5) is 11.6 Å². The largest absolute Gasteiger partial charge is 0.382 e. The molecule has 0 fully saturated rings. The lowest BCUT2D eigenvalue weighted by atomic mass is 10.2. The Kier molecular flexibility index (Phi) is 4.27. The van der Waals surface area contributed by atoms with Gasteiger partial charge in [-0.3, -0.25) is 0 Å². The number of aromatic nitrogens is 2. The molecular weight excluding hydrogens is 291 g/mol. The van der Waals surface area contributed by atoms with E-state index in [0.29, 0.717) is 22.4 Å². The predicted molar refractivity (Wildman–Crippen MR) is 77.7 cm³/mol. The van der Waals surface area contributed by atoms with Crippen LogP contribution >= 0.6 is 34.5 Å². The molecule has 0 aliphatic heterocycles. The zero-order valence-electron chi connectivity index (χ0n) is 9.65. The van der Waals surface area contributed by atoms with E-state index in [-0.39, 0.29) is 11.7 Å². The van der Waals surface area contributed by atoms with E-state index in [1.54, 1.807) is 23.6 Å². The third-order valence-electron chi connectivity index (χ3n) is 2.41. The summed E-state index contributed by atoms with van der Waals surface area (Å²) in [5, 5.41) is 7.00. The van der Waals surface area contributed by atoms with Crippen LogP contribution in [0.25, 0.3) is 0 Å². The maximum Gasteiger partial charge on any atom is 0.147 e. The summed E-state index contributed by atoms with van der Waals surface area (Å²) in [6.07, 6.45) is 1.79. The molecule has 4 nitrogen and oxygen atoms in total. The molecule has 0 saturated heterocycles. The van der Waals surface area contributed by atoms with Crippen molar-refractivity contribution in [3.05, 3.63) is 32.7 Å². The lowest BCUT2D eigenvalue weighted by Crippen LogP contribution is -2.11. The first kappa shape index (κ1) is 13.4. The molecule has 96 valence electrons. The molecule has 1 atom stereocenters. The van der Waals surface area contributed by atoms with Crippen molar-refractivity contribution in [1.82, 2.24) is 9.97 Å². The number of hydrogen-bond acceptors (Lipinski definition) is 5. The highest BCUT2D eigenvalue weighted by atomic mass is 35.5. The van der Waals surface area contributed by atoms with E-state index in [1.807, 2.05) is 5.38 Å². The van der Waals surface area contributed by atoms with Gasteiger partial charge in [0.25, 0.3) is 0 Å². The van der Waals surface area contributed by atoms with Crippen LogP contribution in [0, 0.1) is 0 Å². The molecule has 0 amide bonds. The van der Waals surface area contributed by atoms with Crippen LogP contribution in [-0.4, -0.2) is 16.5 Å². The van der Waals surface area contributed by atoms with Gasteiger partial charge in [0.05, 0.1) is 15.1 Å². The molecule has 0 spiro atoms. The minimum atomic E-state index is 0.269. The third-order valence-corrected chi connectivity index (χ3v) is 4.00. The molecule has 2 aromatic heterocycles. The highest BCUT2D eigenvalue weighted by Crippen LogP contribution is 2.28. The summed E-state index contributed by atoms with van der Waals surface area (Å²) >= 11 is 13.5. The molecule has 0 aliphatic carbocycles. The van der Waals surface area contributed by atoms with Crippen LogP contribution in [0.2, 0.25) is 10.0 Å². The molecular formula is C11H12Cl2N4S. The standard InChI is InChI=1S/C11H12Cl2N4S/c1-6(11-15-2-3-18-11)5-16-10-8(13)4-7(12)9(14)17-10/h2-4,6H,5H2,1H3,(H3,14,16,17). The second-order valence-electron chi connectivity index (χ2n) is 3.84. The van der Waals surface area contributed by atoms with Crippen molar-refractivity contribution in [3.8, 4) is 0 Å². The van der Waals surface area contributed by atoms with Crippen molar-refractivity contribution in [3.63, 3.8) is 0 Å². The van der Waals surface area contributed by atoms with Gasteiger partial charge in [-0.05, 0) is 6.07 Å². The number of nitrogen functional groups attached to an aromatic ring is 1. The topological polar surface area (TPSA) is 63.8 Å². The molecule has 0 saturated carbocycles. The summed E-state index contributed by atoms with van der Waals surface area (Å²) in [6.45, 7) is 2.76. The Balaban J connectivity index is 2.04. The van der Waals surface area contributed by atoms with Crippen LogP contribution in [0.3, 0.4) is 0 Å². The van der Waals surface area contributed by atoms with Crippen molar-refractivity contribution in [2.45, 2.75) is 12.8 Å². The van der Waals surface area contributed by atoms with E-state index in [4.69, 9.17) is 28.9 Å². The average Bonchev–Trinajstić information content (AvgIpc) is 2.85. The van der Waals surface area contributed by atoms with Gasteiger partial charge < -0.3 is 11.1 Å². The van der Waals surface area contributed by atoms with Crippen LogP contribution in [0.1, 0.15) is 17.8 Å². The van der Waals surface area contributed by atoms with Gasteiger partial charge >= 0.3 is 0 Å². The summed E-state index contributed by atoms with van der Waals surface area (Å²) in [4.78, 5) is 8.37. The summed E-state index contributed by atoms with van der Waals surface area (Å²) in [6, 6.07) is 1.59. The highest BCUT2D eigenvalue weighted by Gasteiger charge is 2.11. The average molecular weight is 303 g/mol. The first-order valence-corrected chi connectivity index (χ1v) is 6.96. The molecule has 2 heterocycles. The maximum atomic E-state index is 6.03. The first-order valence-electron chi connectivity index (χ1n) is 5.32. The number of hydrogen-bond donors (Lipinski definition) is 2. The van der Waals surface area contributed by atoms with E-state index >= 15 is 0 Å². The number of halogens is 2. The zero-order chi connectivity index (χ0) is 13.1. The summed E-state index contributed by atoms with van der Waals surface area (Å²) in [7, 11) is 0. The van der Waals surface area contributed by atoms with Crippen LogP contribution in [0.15, 0.2) is 17.6 Å². The Morgan fingerprint density at radius 2 is 2.22 bits per heavy atom. The monoisotopic (exact) mass is 302 g/mol. The van der Waals surface area contributed by atoms with E-state index in [9.17, 15) is 0 Å². The van der Waals surface area contributed by atoms with Crippen molar-refractivity contribution in [2.24, 2.45) is 0 Å². The molecule has 0 aliphatic rings. The quantitative estimate of drug-likeness (QED) is 0.905. The second-order valence-corrected chi connectivity index (χ2v) is 5.58. The normalized spacial score (nSPS) is 12.4. The van der Waals surface area contributed by atoms with Gasteiger partial charge in [0.1, 0.15) is 11.6 Å². The fraction of sp³-hybridized carbons (Fsp3) is 0.273. The van der Waals surface area contributed by atoms with Crippen LogP contribution in [0.5, 0.6) is 0 Å². The Labute approximate surface area is 119 Å². The van der Waals surface area contributed by atoms with Gasteiger partial charge in [0.15, 0.2) is 0 Å². The van der Waals surface area contributed by atoms with Crippen molar-refractivity contribution in [1.29, 1.82) is 0 Å². The molecule has 0 bridgehead atoms. The third kappa shape index (κ3) is 3.04. The van der Waals surface area contributed by atoms with Gasteiger partial charge in [0, 0.05) is 24.0 Å². The SMILES string of the molecule is CC(CNc1nc(N)c(Cl)cc1Cl)c1nccs1. The number of nitrogens with two attached hydrogens (primary N) is 1. The minimum Gasteiger partial charge on any atom is -0.382 e. The number of anilines is 2. The molecule has 18 heavy (non-hydrogen) atoms. The Hall–Kier alpha value is -1.04. The lowest BCUT2D eigenvalue weighted by molar-refractivity contribution is 0.792. The van der Waals surface area contributed by atoms with E-state index < -0.39 is 0 Å². The first-order chi connectivity index (χ1) is 8.58. The Morgan fingerprint density at radius 1 is 1.44 bits per heavy atom. The predicted octanol–water partition coefficient (Wildman–Crippen LogP) is 3.64. The number of nitrogens with zero attached hydrogens (tertiary/aromatic N) is 2. The summed E-state index contributed by atoms with van der Waals surface area (Å²) in [5.74, 6) is 1.09. The fourth-order valence-electron chi connectivity index (χ4n) is 1.42. The van der Waals surface area contributed by atoms with Crippen molar-refractivity contribution >= 4 is 46.2 Å². The number of nitrogens with one attached hydrogen (secondary N) is 1. The van der Waals surface area contributed by atoms with Crippen LogP contribution in [-0.2, 0) is 0 Å². The molecule has 2 rings (SSSR count). The van der Waals surface area contributed by atoms with Gasteiger partial charge in [-0.2, -0.15) is 0 Å². The molecule has 1 unspecified atom stereocenters. The lowest BCUT2D eigenvalue weighted by Gasteiger charge is -2.12. The molecule has 0 aromatic carbocycles. The fourth-order valence-corrected chi connectivity index (χ4v) is 2.54. The van der Waals surface area contributed by atoms with Gasteiger partial charge in [0.2, 0.25) is 0 Å². The number of thiazole rings is 1. The maximum absolute atomic E-state index is 6.03. The number of pyridine rings is 1. The van der Waals surface area contributed by atoms with Crippen LogP contribution < -0.4 is 11.1 Å². The Bertz CT molecular complexity index is 530. The van der Waals surface area contributed by atoms with E-state index in [0.717, 1.165) is 5.01 Å². The molecule has 0 radical (unpaired) electrons. The summed E-state index contributed by atoms with van der Waals surface area (Å²) < 4.78 is 0. The van der Waals surface area contributed by atoms with Gasteiger partial charge in [-0.15, -0.1) is 11.3 Å². The summed E-state index contributed by atoms with van der Waals surface area (Å²) in [5.41, 5.74) is 5.64. The van der Waals surface area contributed by atoms with E-state index in [1.165, 1.54) is 0 Å². The van der Waals surface area contributed by atoms with Crippen molar-refractivity contribution in [2.75, 3.05) is 17.6 Å². The minimum absolute atomic E-state index is 0.269. The molecule has 2 aromatic rings. The molecule has 3 N–H and O–H groups in total.